The Balaban J connectivity index is 0.00000101. The lowest BCUT2D eigenvalue weighted by molar-refractivity contribution is 1.17. The number of nitrogens with zero attached hydrogens (tertiary/aromatic N) is 1. The van der Waals surface area contributed by atoms with Crippen molar-refractivity contribution >= 4 is 48.3 Å². The van der Waals surface area contributed by atoms with Gasteiger partial charge >= 0.3 is 0 Å². The monoisotopic (exact) mass is 652 g/mol. The van der Waals surface area contributed by atoms with E-state index in [1.807, 2.05) is 13.8 Å². The number of nitrogens with one attached hydrogen (secondary N) is 1. The first-order valence-corrected chi connectivity index (χ1v) is 17.5. The zero-order chi connectivity index (χ0) is 34.2. The van der Waals surface area contributed by atoms with Gasteiger partial charge in [-0.1, -0.05) is 135 Å². The molecule has 0 aliphatic rings. The molecule has 2 nitrogen and oxygen atoms in total. The third-order valence-electron chi connectivity index (χ3n) is 8.66. The molecule has 0 aliphatic carbocycles. The van der Waals surface area contributed by atoms with Crippen LogP contribution in [0.15, 0.2) is 170 Å². The Kier molecular flexibility index (Phi) is 10.5. The molecule has 0 fully saturated rings. The van der Waals surface area contributed by atoms with E-state index in [1.165, 1.54) is 66.4 Å². The van der Waals surface area contributed by atoms with Crippen molar-refractivity contribution in [3.8, 4) is 39.1 Å². The van der Waals surface area contributed by atoms with Gasteiger partial charge in [0.2, 0.25) is 0 Å². The zero-order valence-corrected chi connectivity index (χ0v) is 29.3. The van der Waals surface area contributed by atoms with Gasteiger partial charge in [0.05, 0.1) is 11.0 Å². The van der Waals surface area contributed by atoms with Crippen molar-refractivity contribution in [2.45, 2.75) is 20.8 Å². The maximum absolute atomic E-state index is 3.57. The van der Waals surface area contributed by atoms with Crippen molar-refractivity contribution in [3.05, 3.63) is 175 Å². The largest absolute Gasteiger partial charge is 0.356 e. The first-order chi connectivity index (χ1) is 24.2. The average Bonchev–Trinajstić information content (AvgIpc) is 3.51. The van der Waals surface area contributed by atoms with Gasteiger partial charge in [-0.25, -0.2) is 0 Å². The molecule has 1 aromatic heterocycles. The van der Waals surface area contributed by atoms with Gasteiger partial charge in [0.1, 0.15) is 0 Å². The number of aryl methyl sites for hydroxylation is 1. The molecule has 0 atom stereocenters. The number of benzene rings is 7. The standard InChI is InChI=1S/C43H32N2.C2H6.CH3P/c1-30-14-25-39(26-15-30)45-42-13-6-5-12-40(42)41-29-36(20-27-43(41)45)33-18-23-38(24-19-33)44-37-21-16-32(17-22-37)35-11-7-10-34(28-35)31-8-3-2-4-9-31;2*1-2/h2-29,44H,1H3;1-2H3;2H,1H2. The topological polar surface area (TPSA) is 17.0 Å². The lowest BCUT2D eigenvalue weighted by Crippen LogP contribution is -1.93. The Morgan fingerprint density at radius 3 is 1.51 bits per heavy atom. The molecule has 0 saturated carbocycles. The molecular formula is C46H41N2P. The van der Waals surface area contributed by atoms with Crippen molar-refractivity contribution in [1.29, 1.82) is 0 Å². The Labute approximate surface area is 292 Å². The van der Waals surface area contributed by atoms with Gasteiger partial charge in [0.15, 0.2) is 0 Å². The molecule has 0 aliphatic heterocycles. The van der Waals surface area contributed by atoms with Crippen LogP contribution < -0.4 is 5.32 Å². The van der Waals surface area contributed by atoms with Crippen LogP contribution in [-0.2, 0) is 0 Å². The fourth-order valence-corrected chi connectivity index (χ4v) is 6.29. The Hall–Kier alpha value is -5.69. The van der Waals surface area contributed by atoms with E-state index in [9.17, 15) is 0 Å². The van der Waals surface area contributed by atoms with Crippen LogP contribution in [0.2, 0.25) is 0 Å². The van der Waals surface area contributed by atoms with E-state index < -0.39 is 0 Å². The third-order valence-corrected chi connectivity index (χ3v) is 8.66. The maximum Gasteiger partial charge on any atom is 0.0541 e. The summed E-state index contributed by atoms with van der Waals surface area (Å²) in [4.78, 5) is 0. The van der Waals surface area contributed by atoms with Gasteiger partial charge in [0, 0.05) is 27.8 Å². The minimum absolute atomic E-state index is 1.06. The number of aromatic nitrogens is 1. The second-order valence-corrected chi connectivity index (χ2v) is 11.6. The quantitative estimate of drug-likeness (QED) is 0.177. The number of anilines is 2. The summed E-state index contributed by atoms with van der Waals surface area (Å²) in [5, 5.41) is 6.11. The average molecular weight is 653 g/mol. The molecule has 0 radical (unpaired) electrons. The second kappa shape index (κ2) is 15.5. The van der Waals surface area contributed by atoms with Crippen LogP contribution >= 0.6 is 8.86 Å². The Morgan fingerprint density at radius 2 is 0.898 bits per heavy atom. The molecule has 49 heavy (non-hydrogen) atoms. The van der Waals surface area contributed by atoms with Crippen molar-refractivity contribution in [2.24, 2.45) is 0 Å². The molecule has 240 valence electrons. The first-order valence-electron chi connectivity index (χ1n) is 16.8. The van der Waals surface area contributed by atoms with Gasteiger partial charge in [-0.15, -0.1) is 8.86 Å². The summed E-state index contributed by atoms with van der Waals surface area (Å²) in [6.07, 6.45) is 3.06. The molecule has 0 saturated heterocycles. The highest BCUT2D eigenvalue weighted by Gasteiger charge is 2.13. The van der Waals surface area contributed by atoms with E-state index in [-0.39, 0.29) is 0 Å². The van der Waals surface area contributed by atoms with E-state index in [4.69, 9.17) is 0 Å². The molecule has 8 aromatic rings. The fraction of sp³-hybridized carbons (Fsp3) is 0.0652. The molecule has 1 heterocycles. The number of hydrogen-bond acceptors (Lipinski definition) is 1. The highest BCUT2D eigenvalue weighted by atomic mass is 31.0. The molecule has 8 rings (SSSR count). The lowest BCUT2D eigenvalue weighted by atomic mass is 9.99. The van der Waals surface area contributed by atoms with Crippen molar-refractivity contribution in [3.63, 3.8) is 0 Å². The van der Waals surface area contributed by atoms with Crippen LogP contribution in [0.25, 0.3) is 60.9 Å². The van der Waals surface area contributed by atoms with E-state index in [0.717, 1.165) is 11.4 Å². The predicted octanol–water partition coefficient (Wildman–Crippen LogP) is 13.4. The van der Waals surface area contributed by atoms with Crippen LogP contribution in [0.1, 0.15) is 19.4 Å². The normalized spacial score (nSPS) is 10.5. The van der Waals surface area contributed by atoms with Gasteiger partial charge in [-0.05, 0) is 101 Å². The summed E-state index contributed by atoms with van der Waals surface area (Å²) in [7, 11) is 2.72. The molecule has 3 heteroatoms. The molecule has 7 aromatic carbocycles. The van der Waals surface area contributed by atoms with Gasteiger partial charge in [-0.3, -0.25) is 0 Å². The number of rotatable bonds is 6. The molecule has 0 bridgehead atoms. The smallest absolute Gasteiger partial charge is 0.0541 e. The number of fused-ring (bicyclic) bond motifs is 3. The van der Waals surface area contributed by atoms with Crippen molar-refractivity contribution in [2.75, 3.05) is 5.32 Å². The summed E-state index contributed by atoms with van der Waals surface area (Å²) in [5.41, 5.74) is 14.3. The van der Waals surface area contributed by atoms with Gasteiger partial charge in [-0.2, -0.15) is 0 Å². The first kappa shape index (κ1) is 33.2. The molecule has 1 N–H and O–H groups in total. The zero-order valence-electron chi connectivity index (χ0n) is 28.3. The van der Waals surface area contributed by atoms with Crippen LogP contribution in [0.5, 0.6) is 0 Å². The Morgan fingerprint density at radius 1 is 0.429 bits per heavy atom. The molecule has 0 unspecified atom stereocenters. The van der Waals surface area contributed by atoms with Crippen LogP contribution in [0.4, 0.5) is 11.4 Å². The minimum Gasteiger partial charge on any atom is -0.356 e. The van der Waals surface area contributed by atoms with Crippen molar-refractivity contribution in [1.82, 2.24) is 4.57 Å². The number of para-hydroxylation sites is 1. The van der Waals surface area contributed by atoms with Gasteiger partial charge in [0.25, 0.3) is 0 Å². The maximum atomic E-state index is 3.57. The van der Waals surface area contributed by atoms with E-state index in [2.05, 4.69) is 202 Å². The van der Waals surface area contributed by atoms with Crippen molar-refractivity contribution < 1.29 is 0 Å². The summed E-state index contributed by atoms with van der Waals surface area (Å²) < 4.78 is 2.37. The second-order valence-electron chi connectivity index (χ2n) is 11.6. The lowest BCUT2D eigenvalue weighted by Gasteiger charge is -2.11. The number of hydrogen-bond donors (Lipinski definition) is 1. The van der Waals surface area contributed by atoms with Crippen LogP contribution in [-0.4, -0.2) is 10.9 Å². The summed E-state index contributed by atoms with van der Waals surface area (Å²) >= 11 is 0. The minimum atomic E-state index is 1.06. The SMILES string of the molecule is C=P.CC.Cc1ccc(-n2c3ccccc3c3cc(-c4ccc(Nc5ccc(-c6cccc(-c7ccccc7)c6)cc5)cc4)ccc32)cc1. The predicted molar refractivity (Wildman–Crippen MR) is 218 cm³/mol. The fourth-order valence-electron chi connectivity index (χ4n) is 6.29. The molecule has 0 amide bonds. The highest BCUT2D eigenvalue weighted by molar-refractivity contribution is 7.15. The van der Waals surface area contributed by atoms with Crippen LogP contribution in [0.3, 0.4) is 0 Å². The molecular weight excluding hydrogens is 611 g/mol. The summed E-state index contributed by atoms with van der Waals surface area (Å²) in [6, 6.07) is 60.9. The summed E-state index contributed by atoms with van der Waals surface area (Å²) in [6.45, 7) is 6.13. The third kappa shape index (κ3) is 7.11. The summed E-state index contributed by atoms with van der Waals surface area (Å²) in [5.74, 6) is 0. The van der Waals surface area contributed by atoms with E-state index in [1.54, 1.807) is 0 Å². The van der Waals surface area contributed by atoms with Gasteiger partial charge < -0.3 is 9.88 Å². The van der Waals surface area contributed by atoms with Crippen LogP contribution in [0, 0.1) is 6.92 Å². The highest BCUT2D eigenvalue weighted by Crippen LogP contribution is 2.35. The van der Waals surface area contributed by atoms with E-state index >= 15 is 0 Å². The van der Waals surface area contributed by atoms with E-state index in [0.29, 0.717) is 0 Å². The molecule has 0 spiro atoms. The Bertz CT molecular complexity index is 2280.